The van der Waals surface area contributed by atoms with E-state index in [4.69, 9.17) is 0 Å². The maximum atomic E-state index is 11.7. The van der Waals surface area contributed by atoms with Crippen LogP contribution in [0.2, 0.25) is 0 Å². The first-order chi connectivity index (χ1) is 9.44. The molecule has 6 heteroatoms. The van der Waals surface area contributed by atoms with Crippen LogP contribution in [0.3, 0.4) is 0 Å². The van der Waals surface area contributed by atoms with Gasteiger partial charge in [0.1, 0.15) is 5.01 Å². The molecule has 1 saturated heterocycles. The lowest BCUT2D eigenvalue weighted by molar-refractivity contribution is -0.127. The van der Waals surface area contributed by atoms with Crippen molar-refractivity contribution in [1.29, 1.82) is 0 Å². The van der Waals surface area contributed by atoms with E-state index in [0.717, 1.165) is 30.3 Å². The van der Waals surface area contributed by atoms with E-state index in [1.165, 1.54) is 0 Å². The number of likely N-dealkylation sites (N-methyl/N-ethyl adjacent to an activating group) is 1. The van der Waals surface area contributed by atoms with Crippen molar-refractivity contribution in [3.05, 3.63) is 16.1 Å². The monoisotopic (exact) mass is 296 g/mol. The summed E-state index contributed by atoms with van der Waals surface area (Å²) in [5.41, 5.74) is 1.08. The van der Waals surface area contributed by atoms with Crippen LogP contribution in [-0.4, -0.2) is 60.0 Å². The van der Waals surface area contributed by atoms with Crippen LogP contribution in [0.15, 0.2) is 5.38 Å². The van der Waals surface area contributed by atoms with Crippen LogP contribution in [0, 0.1) is 0 Å². The Balaban J connectivity index is 1.91. The van der Waals surface area contributed by atoms with Gasteiger partial charge in [-0.05, 0) is 13.8 Å². The van der Waals surface area contributed by atoms with Crippen molar-refractivity contribution in [2.45, 2.75) is 38.9 Å². The fraction of sp³-hybridized carbons (Fsp3) is 0.714. The van der Waals surface area contributed by atoms with Crippen molar-refractivity contribution >= 4 is 17.2 Å². The van der Waals surface area contributed by atoms with Crippen LogP contribution >= 0.6 is 11.3 Å². The van der Waals surface area contributed by atoms with Gasteiger partial charge in [0.25, 0.3) is 0 Å². The summed E-state index contributed by atoms with van der Waals surface area (Å²) in [6.07, 6.45) is 0.409. The lowest BCUT2D eigenvalue weighted by atomic mass is 10.1. The molecule has 0 spiro atoms. The molecule has 112 valence electrons. The summed E-state index contributed by atoms with van der Waals surface area (Å²) >= 11 is 1.58. The second-order valence-electron chi connectivity index (χ2n) is 5.86. The Bertz CT molecular complexity index is 450. The maximum Gasteiger partial charge on any atom is 0.228 e. The molecule has 1 aliphatic heterocycles. The third-order valence-corrected chi connectivity index (χ3v) is 4.32. The molecule has 2 unspecified atom stereocenters. The third-order valence-electron chi connectivity index (χ3n) is 3.42. The number of hydrogen-bond acceptors (Lipinski definition) is 5. The van der Waals surface area contributed by atoms with Crippen LogP contribution < -0.4 is 5.32 Å². The van der Waals surface area contributed by atoms with Gasteiger partial charge in [0.15, 0.2) is 0 Å². The van der Waals surface area contributed by atoms with Gasteiger partial charge in [-0.2, -0.15) is 0 Å². The summed E-state index contributed by atoms with van der Waals surface area (Å²) < 4.78 is 0. The predicted molar refractivity (Wildman–Crippen MR) is 81.8 cm³/mol. The minimum atomic E-state index is 0.107. The lowest BCUT2D eigenvalue weighted by Crippen LogP contribution is -2.53. The molecule has 1 aliphatic rings. The Morgan fingerprint density at radius 3 is 2.70 bits per heavy atom. The standard InChI is InChI=1S/C14H24N4OS/c1-10-6-18(7-11(2)15-10)8-12-9-20-13(16-12)5-14(19)17(3)4/h9-11,15H,5-8H2,1-4H3. The van der Waals surface area contributed by atoms with Crippen molar-refractivity contribution in [2.24, 2.45) is 0 Å². The smallest absolute Gasteiger partial charge is 0.228 e. The van der Waals surface area contributed by atoms with Crippen LogP contribution in [-0.2, 0) is 17.8 Å². The van der Waals surface area contributed by atoms with E-state index in [2.05, 4.69) is 34.4 Å². The summed E-state index contributed by atoms with van der Waals surface area (Å²) in [7, 11) is 3.56. The van der Waals surface area contributed by atoms with Crippen molar-refractivity contribution in [3.8, 4) is 0 Å². The van der Waals surface area contributed by atoms with E-state index in [1.54, 1.807) is 30.3 Å². The van der Waals surface area contributed by atoms with Crippen molar-refractivity contribution in [2.75, 3.05) is 27.2 Å². The van der Waals surface area contributed by atoms with E-state index in [1.807, 2.05) is 0 Å². The number of rotatable bonds is 4. The average Bonchev–Trinajstić information content (AvgIpc) is 2.74. The first kappa shape index (κ1) is 15.4. The molecular weight excluding hydrogens is 272 g/mol. The number of hydrogen-bond donors (Lipinski definition) is 1. The maximum absolute atomic E-state index is 11.7. The highest BCUT2D eigenvalue weighted by Gasteiger charge is 2.21. The van der Waals surface area contributed by atoms with E-state index < -0.39 is 0 Å². The van der Waals surface area contributed by atoms with E-state index >= 15 is 0 Å². The molecule has 2 rings (SSSR count). The number of nitrogens with one attached hydrogen (secondary N) is 1. The lowest BCUT2D eigenvalue weighted by Gasteiger charge is -2.35. The Morgan fingerprint density at radius 2 is 2.10 bits per heavy atom. The fourth-order valence-electron chi connectivity index (χ4n) is 2.59. The van der Waals surface area contributed by atoms with E-state index in [-0.39, 0.29) is 5.91 Å². The molecule has 20 heavy (non-hydrogen) atoms. The van der Waals surface area contributed by atoms with Crippen molar-refractivity contribution in [3.63, 3.8) is 0 Å². The predicted octanol–water partition coefficient (Wildman–Crippen LogP) is 0.956. The van der Waals surface area contributed by atoms with Gasteiger partial charge >= 0.3 is 0 Å². The first-order valence-electron chi connectivity index (χ1n) is 7.06. The van der Waals surface area contributed by atoms with Gasteiger partial charge in [-0.25, -0.2) is 4.98 Å². The highest BCUT2D eigenvalue weighted by Crippen LogP contribution is 2.15. The first-order valence-corrected chi connectivity index (χ1v) is 7.94. The van der Waals surface area contributed by atoms with Gasteiger partial charge in [-0.3, -0.25) is 9.69 Å². The van der Waals surface area contributed by atoms with Gasteiger partial charge in [0.2, 0.25) is 5.91 Å². The zero-order chi connectivity index (χ0) is 14.7. The molecule has 0 aromatic carbocycles. The highest BCUT2D eigenvalue weighted by molar-refractivity contribution is 7.09. The average molecular weight is 296 g/mol. The molecular formula is C14H24N4OS. The van der Waals surface area contributed by atoms with Crippen molar-refractivity contribution < 1.29 is 4.79 Å². The zero-order valence-electron chi connectivity index (χ0n) is 12.7. The van der Waals surface area contributed by atoms with Crippen LogP contribution in [0.1, 0.15) is 24.5 Å². The van der Waals surface area contributed by atoms with Gasteiger partial charge < -0.3 is 10.2 Å². The molecule has 0 radical (unpaired) electrons. The molecule has 1 aromatic heterocycles. The normalized spacial score (nSPS) is 23.8. The van der Waals surface area contributed by atoms with Gasteiger partial charge in [0, 0.05) is 51.2 Å². The summed E-state index contributed by atoms with van der Waals surface area (Å²) in [5, 5.41) is 6.52. The van der Waals surface area contributed by atoms with Crippen molar-refractivity contribution in [1.82, 2.24) is 20.1 Å². The van der Waals surface area contributed by atoms with Crippen LogP contribution in [0.4, 0.5) is 0 Å². The Labute approximate surface area is 125 Å². The topological polar surface area (TPSA) is 48.5 Å². The molecule has 2 atom stereocenters. The molecule has 1 amide bonds. The second kappa shape index (κ2) is 6.65. The van der Waals surface area contributed by atoms with Crippen LogP contribution in [0.25, 0.3) is 0 Å². The molecule has 5 nitrogen and oxygen atoms in total. The minimum absolute atomic E-state index is 0.107. The second-order valence-corrected chi connectivity index (χ2v) is 6.80. The van der Waals surface area contributed by atoms with E-state index in [0.29, 0.717) is 18.5 Å². The number of carbonyl (C=O) groups excluding carboxylic acids is 1. The van der Waals surface area contributed by atoms with Gasteiger partial charge in [0.05, 0.1) is 12.1 Å². The van der Waals surface area contributed by atoms with Gasteiger partial charge in [-0.1, -0.05) is 0 Å². The summed E-state index contributed by atoms with van der Waals surface area (Å²) in [6, 6.07) is 1.04. The van der Waals surface area contributed by atoms with E-state index in [9.17, 15) is 4.79 Å². The SMILES string of the molecule is CC1CN(Cc2csc(CC(=O)N(C)C)n2)CC(C)N1. The minimum Gasteiger partial charge on any atom is -0.348 e. The van der Waals surface area contributed by atoms with Crippen LogP contribution in [0.5, 0.6) is 0 Å². The molecule has 1 fully saturated rings. The van der Waals surface area contributed by atoms with Gasteiger partial charge in [-0.15, -0.1) is 11.3 Å². The summed E-state index contributed by atoms with van der Waals surface area (Å²) in [6.45, 7) is 7.40. The molecule has 2 heterocycles. The zero-order valence-corrected chi connectivity index (χ0v) is 13.5. The molecule has 1 N–H and O–H groups in total. The fourth-order valence-corrected chi connectivity index (χ4v) is 3.36. The largest absolute Gasteiger partial charge is 0.348 e. The summed E-state index contributed by atoms with van der Waals surface area (Å²) in [4.78, 5) is 20.3. The molecule has 1 aromatic rings. The number of aromatic nitrogens is 1. The number of carbonyl (C=O) groups is 1. The molecule has 0 aliphatic carbocycles. The Morgan fingerprint density at radius 1 is 1.45 bits per heavy atom. The molecule has 0 saturated carbocycles. The number of nitrogens with zero attached hydrogens (tertiary/aromatic N) is 3. The molecule has 0 bridgehead atoms. The number of amides is 1. The quantitative estimate of drug-likeness (QED) is 0.899. The number of thiazole rings is 1. The Hall–Kier alpha value is -0.980. The number of piperazine rings is 1. The third kappa shape index (κ3) is 4.26. The Kier molecular flexibility index (Phi) is 5.12. The highest BCUT2D eigenvalue weighted by atomic mass is 32.1. The summed E-state index contributed by atoms with van der Waals surface area (Å²) in [5.74, 6) is 0.107.